The van der Waals surface area contributed by atoms with E-state index < -0.39 is 0 Å². The zero-order valence-corrected chi connectivity index (χ0v) is 10.8. The Morgan fingerprint density at radius 2 is 2.07 bits per heavy atom. The van der Waals surface area contributed by atoms with E-state index in [4.69, 9.17) is 0 Å². The molecule has 0 unspecified atom stereocenters. The first-order valence-electron chi connectivity index (χ1n) is 5.26. The molecule has 14 heavy (non-hydrogen) atoms. The molecule has 84 valence electrons. The first-order chi connectivity index (χ1) is 6.49. The normalized spacial score (nSPS) is 11.4. The Balaban J connectivity index is 3.47. The third-order valence-electron chi connectivity index (χ3n) is 1.66. The molecule has 2 nitrogen and oxygen atoms in total. The van der Waals surface area contributed by atoms with E-state index in [0.29, 0.717) is 0 Å². The van der Waals surface area contributed by atoms with E-state index in [-0.39, 0.29) is 5.54 Å². The van der Waals surface area contributed by atoms with Crippen LogP contribution in [0.5, 0.6) is 0 Å². The average molecular weight is 216 g/mol. The van der Waals surface area contributed by atoms with Gasteiger partial charge in [-0.1, -0.05) is 13.5 Å². The van der Waals surface area contributed by atoms with Crippen LogP contribution in [0.25, 0.3) is 0 Å². The van der Waals surface area contributed by atoms with Crippen molar-refractivity contribution in [1.82, 2.24) is 9.62 Å². The van der Waals surface area contributed by atoms with Gasteiger partial charge in [0.2, 0.25) is 0 Å². The Kier molecular flexibility index (Phi) is 7.11. The highest BCUT2D eigenvalue weighted by atomic mass is 32.2. The second-order valence-electron chi connectivity index (χ2n) is 4.33. The van der Waals surface area contributed by atoms with Crippen LogP contribution in [-0.2, 0) is 0 Å². The molecule has 0 radical (unpaired) electrons. The van der Waals surface area contributed by atoms with Crippen LogP contribution < -0.4 is 5.32 Å². The molecule has 0 heterocycles. The first kappa shape index (κ1) is 13.8. The number of nitrogens with zero attached hydrogens (tertiary/aromatic N) is 1. The van der Waals surface area contributed by atoms with Gasteiger partial charge in [-0.2, -0.15) is 0 Å². The van der Waals surface area contributed by atoms with E-state index in [1.807, 2.05) is 18.1 Å². The summed E-state index contributed by atoms with van der Waals surface area (Å²) in [6.45, 7) is 14.7. The van der Waals surface area contributed by atoms with Gasteiger partial charge < -0.3 is 9.62 Å². The Bertz CT molecular complexity index is 152. The Labute approximate surface area is 93.3 Å². The van der Waals surface area contributed by atoms with Gasteiger partial charge in [0.15, 0.2) is 0 Å². The van der Waals surface area contributed by atoms with E-state index in [2.05, 4.69) is 43.9 Å². The molecule has 0 amide bonds. The van der Waals surface area contributed by atoms with Crippen LogP contribution in [0.15, 0.2) is 12.8 Å². The molecule has 0 aromatic carbocycles. The second kappa shape index (κ2) is 7.18. The molecule has 0 fully saturated rings. The average Bonchev–Trinajstić information content (AvgIpc) is 2.08. The van der Waals surface area contributed by atoms with E-state index in [0.717, 1.165) is 18.8 Å². The minimum absolute atomic E-state index is 0.227. The summed E-state index contributed by atoms with van der Waals surface area (Å²) in [5.41, 5.74) is 0.227. The third-order valence-corrected chi connectivity index (χ3v) is 2.71. The van der Waals surface area contributed by atoms with Crippen molar-refractivity contribution in [2.75, 3.05) is 18.8 Å². The molecule has 0 atom stereocenters. The van der Waals surface area contributed by atoms with Crippen LogP contribution in [0.2, 0.25) is 0 Å². The number of hydrogen-bond donors (Lipinski definition) is 1. The summed E-state index contributed by atoms with van der Waals surface area (Å²) >= 11 is 1.84. The number of rotatable bonds is 7. The van der Waals surface area contributed by atoms with Crippen molar-refractivity contribution >= 4 is 11.9 Å². The molecule has 0 aromatic heterocycles. The molecule has 0 rings (SSSR count). The molecule has 0 aromatic rings. The third kappa shape index (κ3) is 8.45. The Morgan fingerprint density at radius 3 is 2.50 bits per heavy atom. The smallest absolute Gasteiger partial charge is 0.0286 e. The monoisotopic (exact) mass is 216 g/mol. The van der Waals surface area contributed by atoms with Crippen molar-refractivity contribution in [2.45, 2.75) is 39.7 Å². The SMILES string of the molecule is C=CN(CCC)SCCNC(C)(C)C. The summed E-state index contributed by atoms with van der Waals surface area (Å²) in [6.07, 6.45) is 3.08. The predicted octanol–water partition coefficient (Wildman–Crippen LogP) is 2.88. The van der Waals surface area contributed by atoms with Gasteiger partial charge in [0, 0.05) is 30.6 Å². The minimum Gasteiger partial charge on any atom is -0.324 e. The molecule has 0 saturated carbocycles. The second-order valence-corrected chi connectivity index (χ2v) is 5.47. The molecule has 0 saturated heterocycles. The van der Waals surface area contributed by atoms with Gasteiger partial charge in [0.1, 0.15) is 0 Å². The van der Waals surface area contributed by atoms with E-state index in [1.54, 1.807) is 0 Å². The van der Waals surface area contributed by atoms with Crippen LogP contribution in [0.3, 0.4) is 0 Å². The summed E-state index contributed by atoms with van der Waals surface area (Å²) in [6, 6.07) is 0. The molecule has 0 spiro atoms. The predicted molar refractivity (Wildman–Crippen MR) is 67.4 cm³/mol. The molecule has 3 heteroatoms. The molecule has 0 aliphatic carbocycles. The summed E-state index contributed by atoms with van der Waals surface area (Å²) < 4.78 is 2.20. The van der Waals surface area contributed by atoms with Gasteiger partial charge in [-0.05, 0) is 39.1 Å². The van der Waals surface area contributed by atoms with Gasteiger partial charge in [-0.15, -0.1) is 0 Å². The summed E-state index contributed by atoms with van der Waals surface area (Å²) in [5, 5.41) is 3.46. The largest absolute Gasteiger partial charge is 0.324 e. The topological polar surface area (TPSA) is 15.3 Å². The maximum absolute atomic E-state index is 3.79. The Hall–Kier alpha value is -0.150. The zero-order chi connectivity index (χ0) is 11.0. The zero-order valence-electron chi connectivity index (χ0n) is 9.97. The van der Waals surface area contributed by atoms with Gasteiger partial charge in [0.25, 0.3) is 0 Å². The lowest BCUT2D eigenvalue weighted by Gasteiger charge is -2.22. The van der Waals surface area contributed by atoms with Crippen molar-refractivity contribution < 1.29 is 0 Å². The van der Waals surface area contributed by atoms with Crippen molar-refractivity contribution in [3.8, 4) is 0 Å². The van der Waals surface area contributed by atoms with Crippen molar-refractivity contribution in [3.63, 3.8) is 0 Å². The van der Waals surface area contributed by atoms with Crippen molar-refractivity contribution in [3.05, 3.63) is 12.8 Å². The molecular weight excluding hydrogens is 192 g/mol. The van der Waals surface area contributed by atoms with E-state index >= 15 is 0 Å². The quantitative estimate of drug-likeness (QED) is 0.520. The van der Waals surface area contributed by atoms with Crippen LogP contribution in [0.4, 0.5) is 0 Å². The van der Waals surface area contributed by atoms with Crippen molar-refractivity contribution in [2.24, 2.45) is 0 Å². The van der Waals surface area contributed by atoms with Gasteiger partial charge in [0.05, 0.1) is 0 Å². The lowest BCUT2D eigenvalue weighted by Crippen LogP contribution is -2.37. The standard InChI is InChI=1S/C11H24N2S/c1-6-9-13(7-2)14-10-8-12-11(3,4)5/h7,12H,2,6,8-10H2,1,3-5H3. The minimum atomic E-state index is 0.227. The lowest BCUT2D eigenvalue weighted by atomic mass is 10.1. The summed E-state index contributed by atoms with van der Waals surface area (Å²) in [4.78, 5) is 0. The molecule has 0 aliphatic heterocycles. The maximum atomic E-state index is 3.79. The van der Waals surface area contributed by atoms with Gasteiger partial charge in [-0.25, -0.2) is 0 Å². The van der Waals surface area contributed by atoms with Gasteiger partial charge in [-0.3, -0.25) is 0 Å². The molecule has 1 N–H and O–H groups in total. The number of hydrogen-bond acceptors (Lipinski definition) is 3. The highest BCUT2D eigenvalue weighted by molar-refractivity contribution is 7.97. The van der Waals surface area contributed by atoms with Crippen LogP contribution in [-0.4, -0.2) is 28.7 Å². The van der Waals surface area contributed by atoms with Crippen molar-refractivity contribution in [1.29, 1.82) is 0 Å². The fourth-order valence-corrected chi connectivity index (χ4v) is 1.86. The van der Waals surface area contributed by atoms with Crippen LogP contribution in [0, 0.1) is 0 Å². The fraction of sp³-hybridized carbons (Fsp3) is 0.818. The van der Waals surface area contributed by atoms with Crippen LogP contribution >= 0.6 is 11.9 Å². The number of nitrogens with one attached hydrogen (secondary N) is 1. The summed E-state index contributed by atoms with van der Waals surface area (Å²) in [5.74, 6) is 1.10. The Morgan fingerprint density at radius 1 is 1.43 bits per heavy atom. The fourth-order valence-electron chi connectivity index (χ4n) is 1.02. The van der Waals surface area contributed by atoms with Gasteiger partial charge >= 0.3 is 0 Å². The highest BCUT2D eigenvalue weighted by Gasteiger charge is 2.07. The highest BCUT2D eigenvalue weighted by Crippen LogP contribution is 2.10. The molecule has 0 bridgehead atoms. The maximum Gasteiger partial charge on any atom is 0.0286 e. The van der Waals surface area contributed by atoms with E-state index in [1.165, 1.54) is 6.42 Å². The first-order valence-corrected chi connectivity index (χ1v) is 6.21. The lowest BCUT2D eigenvalue weighted by molar-refractivity contribution is 0.440. The molecular formula is C11H24N2S. The van der Waals surface area contributed by atoms with Crippen LogP contribution in [0.1, 0.15) is 34.1 Å². The van der Waals surface area contributed by atoms with E-state index in [9.17, 15) is 0 Å². The summed E-state index contributed by atoms with van der Waals surface area (Å²) in [7, 11) is 0. The molecule has 0 aliphatic rings.